The van der Waals surface area contributed by atoms with Gasteiger partial charge >= 0.3 is 11.6 Å². The summed E-state index contributed by atoms with van der Waals surface area (Å²) in [6.07, 6.45) is 0. The first-order chi connectivity index (χ1) is 12.6. The first kappa shape index (κ1) is 18.4. The van der Waals surface area contributed by atoms with Crippen molar-refractivity contribution in [1.82, 2.24) is 0 Å². The number of esters is 1. The first-order valence-electron chi connectivity index (χ1n) is 8.35. The van der Waals surface area contributed by atoms with Crippen molar-refractivity contribution in [3.8, 4) is 5.75 Å². The molecule has 27 heavy (non-hydrogen) atoms. The zero-order valence-electron chi connectivity index (χ0n) is 15.2. The highest BCUT2D eigenvalue weighted by Crippen LogP contribution is 2.24. The molecule has 1 aromatic heterocycles. The summed E-state index contributed by atoms with van der Waals surface area (Å²) in [6, 6.07) is 13.1. The summed E-state index contributed by atoms with van der Waals surface area (Å²) < 4.78 is 10.4. The molecule has 1 amide bonds. The Kier molecular flexibility index (Phi) is 4.57. The lowest BCUT2D eigenvalue weighted by Gasteiger charge is -2.18. The molecule has 0 radical (unpaired) electrons. The quantitative estimate of drug-likeness (QED) is 0.435. The number of primary amides is 1. The lowest BCUT2D eigenvalue weighted by Crippen LogP contribution is -2.20. The van der Waals surface area contributed by atoms with E-state index >= 15 is 0 Å². The monoisotopic (exact) mass is 365 g/mol. The summed E-state index contributed by atoms with van der Waals surface area (Å²) in [5, 5.41) is 0.498. The van der Waals surface area contributed by atoms with Gasteiger partial charge in [-0.3, -0.25) is 4.79 Å². The van der Waals surface area contributed by atoms with E-state index in [0.717, 1.165) is 5.56 Å². The number of ether oxygens (including phenoxy) is 1. The van der Waals surface area contributed by atoms with Crippen LogP contribution in [-0.2, 0) is 5.41 Å². The van der Waals surface area contributed by atoms with Crippen molar-refractivity contribution in [3.63, 3.8) is 0 Å². The Hall–Kier alpha value is -3.41. The van der Waals surface area contributed by atoms with Gasteiger partial charge in [0.25, 0.3) is 5.91 Å². The summed E-state index contributed by atoms with van der Waals surface area (Å²) in [7, 11) is 0. The van der Waals surface area contributed by atoms with Crippen LogP contribution in [0.1, 0.15) is 47.1 Å². The van der Waals surface area contributed by atoms with Gasteiger partial charge in [-0.15, -0.1) is 0 Å². The normalized spacial score (nSPS) is 11.4. The predicted molar refractivity (Wildman–Crippen MR) is 101 cm³/mol. The van der Waals surface area contributed by atoms with Crippen LogP contribution in [0.5, 0.6) is 5.75 Å². The zero-order chi connectivity index (χ0) is 19.8. The highest BCUT2D eigenvalue weighted by Gasteiger charge is 2.16. The Morgan fingerprint density at radius 1 is 1.00 bits per heavy atom. The second kappa shape index (κ2) is 6.72. The Balaban J connectivity index is 1.85. The summed E-state index contributed by atoms with van der Waals surface area (Å²) in [5.74, 6) is -1.16. The molecule has 0 unspecified atom stereocenters. The minimum Gasteiger partial charge on any atom is -0.423 e. The van der Waals surface area contributed by atoms with Crippen LogP contribution in [0.4, 0.5) is 0 Å². The molecule has 0 spiro atoms. The smallest absolute Gasteiger partial charge is 0.349 e. The number of amides is 1. The van der Waals surface area contributed by atoms with E-state index in [1.165, 1.54) is 12.1 Å². The second-order valence-corrected chi connectivity index (χ2v) is 7.23. The first-order valence-corrected chi connectivity index (χ1v) is 8.35. The maximum Gasteiger partial charge on any atom is 0.349 e. The molecule has 0 fully saturated rings. The molecule has 0 aliphatic heterocycles. The van der Waals surface area contributed by atoms with Gasteiger partial charge < -0.3 is 14.9 Å². The van der Waals surface area contributed by atoms with Crippen molar-refractivity contribution in [2.24, 2.45) is 5.73 Å². The molecule has 138 valence electrons. The van der Waals surface area contributed by atoms with Crippen LogP contribution in [0.3, 0.4) is 0 Å². The minimum absolute atomic E-state index is 0.0118. The number of hydrogen-bond acceptors (Lipinski definition) is 5. The highest BCUT2D eigenvalue weighted by atomic mass is 16.5. The fourth-order valence-corrected chi connectivity index (χ4v) is 2.60. The lowest BCUT2D eigenvalue weighted by atomic mass is 9.87. The van der Waals surface area contributed by atoms with Crippen molar-refractivity contribution < 1.29 is 18.7 Å². The number of carbonyl (C=O) groups excluding carboxylic acids is 2. The Labute approximate surface area is 155 Å². The summed E-state index contributed by atoms with van der Waals surface area (Å²) in [5.41, 5.74) is 5.77. The van der Waals surface area contributed by atoms with Gasteiger partial charge in [-0.1, -0.05) is 32.9 Å². The molecule has 6 heteroatoms. The van der Waals surface area contributed by atoms with E-state index in [9.17, 15) is 14.4 Å². The fourth-order valence-electron chi connectivity index (χ4n) is 2.60. The van der Waals surface area contributed by atoms with Crippen molar-refractivity contribution in [3.05, 3.63) is 75.6 Å². The topological polar surface area (TPSA) is 99.6 Å². The number of fused-ring (bicyclic) bond motifs is 1. The number of hydrogen-bond donors (Lipinski definition) is 1. The Bertz CT molecular complexity index is 1090. The van der Waals surface area contributed by atoms with E-state index in [1.54, 1.807) is 24.3 Å². The molecule has 0 aliphatic carbocycles. The van der Waals surface area contributed by atoms with Crippen LogP contribution in [0.15, 0.2) is 57.7 Å². The number of benzene rings is 2. The standard InChI is InChI=1S/C21H19NO5/c1-21(2,3)14-7-4-12(5-8-14)19(24)26-15-9-6-13-10-16(18(22)23)20(25)27-17(13)11-15/h4-11H,1-3H3,(H2,22,23). The second-order valence-electron chi connectivity index (χ2n) is 7.23. The lowest BCUT2D eigenvalue weighted by molar-refractivity contribution is 0.0734. The third-order valence-corrected chi connectivity index (χ3v) is 4.17. The minimum atomic E-state index is -0.861. The Morgan fingerprint density at radius 3 is 2.26 bits per heavy atom. The van der Waals surface area contributed by atoms with Crippen LogP contribution in [0.25, 0.3) is 11.0 Å². The van der Waals surface area contributed by atoms with Gasteiger partial charge in [-0.2, -0.15) is 0 Å². The van der Waals surface area contributed by atoms with Crippen molar-refractivity contribution in [2.45, 2.75) is 26.2 Å². The van der Waals surface area contributed by atoms with E-state index in [-0.39, 0.29) is 22.3 Å². The molecule has 3 aromatic rings. The van der Waals surface area contributed by atoms with Crippen LogP contribution < -0.4 is 16.1 Å². The average Bonchev–Trinajstić information content (AvgIpc) is 2.60. The molecular formula is C21H19NO5. The highest BCUT2D eigenvalue weighted by molar-refractivity contribution is 5.96. The van der Waals surface area contributed by atoms with Gasteiger partial charge in [0.1, 0.15) is 16.9 Å². The fraction of sp³-hybridized carbons (Fsp3) is 0.190. The van der Waals surface area contributed by atoms with Crippen LogP contribution >= 0.6 is 0 Å². The number of carbonyl (C=O) groups is 2. The van der Waals surface area contributed by atoms with E-state index in [4.69, 9.17) is 14.9 Å². The Morgan fingerprint density at radius 2 is 1.67 bits per heavy atom. The van der Waals surface area contributed by atoms with Gasteiger partial charge in [-0.25, -0.2) is 9.59 Å². The van der Waals surface area contributed by atoms with E-state index in [0.29, 0.717) is 10.9 Å². The van der Waals surface area contributed by atoms with E-state index in [2.05, 4.69) is 20.8 Å². The number of nitrogens with two attached hydrogens (primary N) is 1. The molecule has 0 bridgehead atoms. The molecule has 3 rings (SSSR count). The van der Waals surface area contributed by atoms with Gasteiger partial charge in [-0.05, 0) is 41.3 Å². The molecule has 0 saturated carbocycles. The third kappa shape index (κ3) is 3.89. The number of rotatable bonds is 3. The van der Waals surface area contributed by atoms with Gasteiger partial charge in [0.05, 0.1) is 5.56 Å². The van der Waals surface area contributed by atoms with E-state index < -0.39 is 17.5 Å². The van der Waals surface area contributed by atoms with Crippen molar-refractivity contribution in [2.75, 3.05) is 0 Å². The average molecular weight is 365 g/mol. The summed E-state index contributed by atoms with van der Waals surface area (Å²) >= 11 is 0. The zero-order valence-corrected chi connectivity index (χ0v) is 15.2. The van der Waals surface area contributed by atoms with Gasteiger partial charge in [0.2, 0.25) is 0 Å². The molecule has 6 nitrogen and oxygen atoms in total. The SMILES string of the molecule is CC(C)(C)c1ccc(C(=O)Oc2ccc3cc(C(N)=O)c(=O)oc3c2)cc1. The van der Waals surface area contributed by atoms with Gasteiger partial charge in [0, 0.05) is 11.5 Å². The molecule has 1 heterocycles. The molecule has 2 N–H and O–H groups in total. The molecule has 2 aromatic carbocycles. The maximum atomic E-state index is 12.3. The molecule has 0 saturated heterocycles. The maximum absolute atomic E-state index is 12.3. The molecule has 0 atom stereocenters. The molecule has 0 aliphatic rings. The third-order valence-electron chi connectivity index (χ3n) is 4.17. The predicted octanol–water partition coefficient (Wildman–Crippen LogP) is 3.41. The summed E-state index contributed by atoms with van der Waals surface area (Å²) in [6.45, 7) is 6.27. The summed E-state index contributed by atoms with van der Waals surface area (Å²) in [4.78, 5) is 35.3. The molecular weight excluding hydrogens is 346 g/mol. The van der Waals surface area contributed by atoms with Gasteiger partial charge in [0.15, 0.2) is 0 Å². The van der Waals surface area contributed by atoms with Crippen LogP contribution in [0.2, 0.25) is 0 Å². The van der Waals surface area contributed by atoms with E-state index in [1.807, 2.05) is 12.1 Å². The largest absolute Gasteiger partial charge is 0.423 e. The van der Waals surface area contributed by atoms with Crippen LogP contribution in [0, 0.1) is 0 Å². The van der Waals surface area contributed by atoms with Crippen molar-refractivity contribution >= 4 is 22.8 Å². The van der Waals surface area contributed by atoms with Crippen molar-refractivity contribution in [1.29, 1.82) is 0 Å². The van der Waals surface area contributed by atoms with Crippen LogP contribution in [-0.4, -0.2) is 11.9 Å².